The van der Waals surface area contributed by atoms with Gasteiger partial charge in [0, 0.05) is 10.4 Å². The van der Waals surface area contributed by atoms with Crippen molar-refractivity contribution < 1.29 is 8.78 Å². The summed E-state index contributed by atoms with van der Waals surface area (Å²) in [6, 6.07) is 5.27. The van der Waals surface area contributed by atoms with Gasteiger partial charge in [0.15, 0.2) is 0 Å². The van der Waals surface area contributed by atoms with Gasteiger partial charge < -0.3 is 5.73 Å². The highest BCUT2D eigenvalue weighted by atomic mass is 79.9. The van der Waals surface area contributed by atoms with E-state index >= 15 is 0 Å². The van der Waals surface area contributed by atoms with Gasteiger partial charge in [0.1, 0.15) is 11.6 Å². The number of benzene rings is 1. The summed E-state index contributed by atoms with van der Waals surface area (Å²) in [7, 11) is 0. The molecule has 0 bridgehead atoms. The van der Waals surface area contributed by atoms with E-state index < -0.39 is 17.7 Å². The van der Waals surface area contributed by atoms with Crippen LogP contribution in [0.25, 0.3) is 0 Å². The van der Waals surface area contributed by atoms with Crippen molar-refractivity contribution in [3.05, 3.63) is 54.6 Å². The summed E-state index contributed by atoms with van der Waals surface area (Å²) in [5, 5.41) is 0. The number of hydrogen-bond donors (Lipinski definition) is 1. The summed E-state index contributed by atoms with van der Waals surface area (Å²) in [4.78, 5) is 0.702. The molecular weight excluding hydrogens is 376 g/mol. The molecule has 1 aromatic heterocycles. The van der Waals surface area contributed by atoms with Crippen LogP contribution in [0.1, 0.15) is 16.5 Å². The van der Waals surface area contributed by atoms with Gasteiger partial charge in [0.25, 0.3) is 0 Å². The molecule has 0 aliphatic carbocycles. The first kappa shape index (κ1) is 13.1. The van der Waals surface area contributed by atoms with E-state index in [0.29, 0.717) is 4.88 Å². The first-order chi connectivity index (χ1) is 8.00. The van der Waals surface area contributed by atoms with E-state index in [1.165, 1.54) is 23.5 Å². The summed E-state index contributed by atoms with van der Waals surface area (Å²) in [6.45, 7) is 0. The highest BCUT2D eigenvalue weighted by Crippen LogP contribution is 2.33. The number of rotatable bonds is 2. The highest BCUT2D eigenvalue weighted by molar-refractivity contribution is 9.11. The Kier molecular flexibility index (Phi) is 3.97. The lowest BCUT2D eigenvalue weighted by Gasteiger charge is -2.13. The minimum Gasteiger partial charge on any atom is -0.319 e. The topological polar surface area (TPSA) is 26.0 Å². The lowest BCUT2D eigenvalue weighted by atomic mass is 10.1. The Balaban J connectivity index is 2.50. The summed E-state index contributed by atoms with van der Waals surface area (Å²) in [6.07, 6.45) is 0. The number of thiophene rings is 1. The van der Waals surface area contributed by atoms with Crippen LogP contribution in [0.2, 0.25) is 0 Å². The monoisotopic (exact) mass is 381 g/mol. The van der Waals surface area contributed by atoms with Crippen molar-refractivity contribution in [1.82, 2.24) is 0 Å². The molecular formula is C11H7Br2F2NS. The molecule has 2 rings (SSSR count). The van der Waals surface area contributed by atoms with E-state index in [1.807, 2.05) is 0 Å². The molecule has 1 aromatic carbocycles. The third kappa shape index (κ3) is 2.59. The van der Waals surface area contributed by atoms with Crippen molar-refractivity contribution in [2.24, 2.45) is 5.73 Å². The average molecular weight is 383 g/mol. The van der Waals surface area contributed by atoms with Gasteiger partial charge in [0.05, 0.1) is 14.3 Å². The Hall–Kier alpha value is -0.300. The maximum atomic E-state index is 13.8. The van der Waals surface area contributed by atoms with Gasteiger partial charge in [0.2, 0.25) is 0 Å². The molecule has 0 radical (unpaired) electrons. The molecule has 2 N–H and O–H groups in total. The van der Waals surface area contributed by atoms with Crippen LogP contribution in [-0.4, -0.2) is 0 Å². The minimum atomic E-state index is -0.802. The Morgan fingerprint density at radius 3 is 2.41 bits per heavy atom. The van der Waals surface area contributed by atoms with Crippen LogP contribution in [0, 0.1) is 11.6 Å². The van der Waals surface area contributed by atoms with E-state index in [0.717, 1.165) is 3.79 Å². The third-order valence-electron chi connectivity index (χ3n) is 2.29. The predicted octanol–water partition coefficient (Wildman–Crippen LogP) is 4.60. The molecule has 2 aromatic rings. The molecule has 0 fully saturated rings. The minimum absolute atomic E-state index is 0.117. The molecule has 17 heavy (non-hydrogen) atoms. The number of hydrogen-bond acceptors (Lipinski definition) is 2. The molecule has 0 spiro atoms. The number of nitrogens with two attached hydrogens (primary N) is 1. The van der Waals surface area contributed by atoms with Crippen molar-refractivity contribution in [2.45, 2.75) is 6.04 Å². The Labute approximate surface area is 118 Å². The molecule has 90 valence electrons. The summed E-state index contributed by atoms with van der Waals surface area (Å²) in [5.74, 6) is -1.29. The van der Waals surface area contributed by atoms with Gasteiger partial charge in [-0.1, -0.05) is 0 Å². The summed E-state index contributed by atoms with van der Waals surface area (Å²) < 4.78 is 28.5. The zero-order valence-electron chi connectivity index (χ0n) is 8.38. The zero-order chi connectivity index (χ0) is 12.6. The van der Waals surface area contributed by atoms with Crippen molar-refractivity contribution in [2.75, 3.05) is 0 Å². The normalized spacial score (nSPS) is 12.8. The second-order valence-electron chi connectivity index (χ2n) is 3.38. The first-order valence-corrected chi connectivity index (χ1v) is 7.05. The van der Waals surface area contributed by atoms with Crippen molar-refractivity contribution in [3.63, 3.8) is 0 Å². The van der Waals surface area contributed by atoms with E-state index in [9.17, 15) is 8.78 Å². The SMILES string of the molecule is NC(c1ccc(Br)s1)c1c(F)ccc(Br)c1F. The Morgan fingerprint density at radius 1 is 1.12 bits per heavy atom. The quantitative estimate of drug-likeness (QED) is 0.754. The fourth-order valence-electron chi connectivity index (χ4n) is 1.47. The van der Waals surface area contributed by atoms with Gasteiger partial charge in [-0.05, 0) is 56.1 Å². The molecule has 0 amide bonds. The average Bonchev–Trinajstić information content (AvgIpc) is 2.71. The molecule has 0 aliphatic rings. The van der Waals surface area contributed by atoms with Crippen LogP contribution in [0.3, 0.4) is 0 Å². The molecule has 0 saturated carbocycles. The van der Waals surface area contributed by atoms with E-state index in [1.54, 1.807) is 12.1 Å². The lowest BCUT2D eigenvalue weighted by Crippen LogP contribution is -2.14. The molecule has 0 aliphatic heterocycles. The van der Waals surface area contributed by atoms with Crippen molar-refractivity contribution in [1.29, 1.82) is 0 Å². The summed E-state index contributed by atoms with van der Waals surface area (Å²) in [5.41, 5.74) is 5.77. The van der Waals surface area contributed by atoms with Gasteiger partial charge in [-0.15, -0.1) is 11.3 Å². The highest BCUT2D eigenvalue weighted by Gasteiger charge is 2.21. The van der Waals surface area contributed by atoms with Crippen molar-refractivity contribution >= 4 is 43.2 Å². The van der Waals surface area contributed by atoms with Gasteiger partial charge in [-0.2, -0.15) is 0 Å². The fourth-order valence-corrected chi connectivity index (χ4v) is 3.25. The van der Waals surface area contributed by atoms with Crippen LogP contribution in [-0.2, 0) is 0 Å². The molecule has 6 heteroatoms. The van der Waals surface area contributed by atoms with Crippen LogP contribution in [0.15, 0.2) is 32.5 Å². The summed E-state index contributed by atoms with van der Waals surface area (Å²) >= 11 is 7.67. The maximum absolute atomic E-state index is 13.8. The maximum Gasteiger partial charge on any atom is 0.145 e. The lowest BCUT2D eigenvalue weighted by molar-refractivity contribution is 0.541. The molecule has 1 atom stereocenters. The Morgan fingerprint density at radius 2 is 1.82 bits per heavy atom. The second kappa shape index (κ2) is 5.14. The van der Waals surface area contributed by atoms with Crippen LogP contribution in [0.4, 0.5) is 8.78 Å². The predicted molar refractivity (Wildman–Crippen MR) is 72.1 cm³/mol. The standard InChI is InChI=1S/C11H7Br2F2NS/c12-5-1-2-6(14)9(10(5)15)11(16)7-3-4-8(13)17-7/h1-4,11H,16H2. The number of halogens is 4. The molecule has 1 heterocycles. The fraction of sp³-hybridized carbons (Fsp3) is 0.0909. The van der Waals surface area contributed by atoms with E-state index in [2.05, 4.69) is 31.9 Å². The molecule has 0 saturated heterocycles. The van der Waals surface area contributed by atoms with E-state index in [4.69, 9.17) is 5.73 Å². The Bertz CT molecular complexity index is 556. The zero-order valence-corrected chi connectivity index (χ0v) is 12.4. The van der Waals surface area contributed by atoms with Gasteiger partial charge >= 0.3 is 0 Å². The van der Waals surface area contributed by atoms with Gasteiger partial charge in [-0.3, -0.25) is 0 Å². The van der Waals surface area contributed by atoms with Crippen LogP contribution >= 0.6 is 43.2 Å². The second-order valence-corrected chi connectivity index (χ2v) is 6.73. The third-order valence-corrected chi connectivity index (χ3v) is 4.61. The first-order valence-electron chi connectivity index (χ1n) is 4.65. The van der Waals surface area contributed by atoms with Crippen LogP contribution < -0.4 is 5.73 Å². The van der Waals surface area contributed by atoms with Crippen molar-refractivity contribution in [3.8, 4) is 0 Å². The largest absolute Gasteiger partial charge is 0.319 e. The van der Waals surface area contributed by atoms with Crippen LogP contribution in [0.5, 0.6) is 0 Å². The smallest absolute Gasteiger partial charge is 0.145 e. The van der Waals surface area contributed by atoms with Gasteiger partial charge in [-0.25, -0.2) is 8.78 Å². The molecule has 1 unspecified atom stereocenters. The molecule has 1 nitrogen and oxygen atoms in total. The van der Waals surface area contributed by atoms with E-state index in [-0.39, 0.29) is 10.0 Å².